The summed E-state index contributed by atoms with van der Waals surface area (Å²) in [7, 11) is 0. The van der Waals surface area contributed by atoms with E-state index in [2.05, 4.69) is 35.8 Å². The Labute approximate surface area is 515 Å². The monoisotopic (exact) mass is 1200 g/mol. The molecule has 2 saturated heterocycles. The summed E-state index contributed by atoms with van der Waals surface area (Å²) in [6, 6.07) is 0. The third kappa shape index (κ3) is 8.70. The van der Waals surface area contributed by atoms with Crippen LogP contribution in [0.1, 0.15) is 188 Å². The molecule has 8 saturated carbocycles. The Morgan fingerprint density at radius 1 is 0.897 bits per heavy atom. The Hall–Kier alpha value is -2.77. The molecule has 0 amide bonds. The lowest BCUT2D eigenvalue weighted by Gasteiger charge is -2.72. The molecule has 3 heterocycles. The van der Waals surface area contributed by atoms with E-state index < -0.39 is 105 Å². The molecule has 2 bridgehead atoms. The normalized spacial score (nSPS) is 51.3. The number of rotatable bonds is 12. The standard InChI is InChI=1S/C72H105N3O12/c1-4-8-38-13-18-47-54(23-14-38)87-66-59(47)51(78)11-6-27-72(66,85)67(3,82)56-26-29-71(84)61-62(74-35-37(2)77)64(81)60-48-20-22-49-43(44-21-24-57(73)75-50(44)10-7-30-76)25-28-68(83,65(61)69(49,60)34-52(79)63(48)80)36-70(56,71)42-17-15-39-33-55-58-40(31-41(39)32-42)16-19-46(58)45-9-5-12-53(45)86-55/h19,21,24-25,28,37-39,41-43,45,47-49,51-57,59-60,63,65-66,74-80,82-85H,4-18,20,22-23,26-27,29-36,73H2,1-3H3. The molecular formula is C72H105N3O12. The molecule has 0 aromatic rings. The van der Waals surface area contributed by atoms with E-state index in [0.29, 0.717) is 74.7 Å². The fraction of sp³-hybridized carbons (Fsp3) is 0.819. The molecule has 3 aliphatic heterocycles. The minimum atomic E-state index is -1.98. The second kappa shape index (κ2) is 21.9. The third-order valence-electron chi connectivity index (χ3n) is 28.3. The summed E-state index contributed by atoms with van der Waals surface area (Å²) in [5, 5.41) is 126. The summed E-state index contributed by atoms with van der Waals surface area (Å²) in [5.74, 6) is -3.63. The average molecular weight is 1200 g/mol. The van der Waals surface area contributed by atoms with E-state index in [0.717, 1.165) is 88.3 Å². The topological polar surface area (TPSA) is 268 Å². The summed E-state index contributed by atoms with van der Waals surface area (Å²) in [5.41, 5.74) is 3.22. The Balaban J connectivity index is 0.930. The van der Waals surface area contributed by atoms with Crippen LogP contribution in [0.3, 0.4) is 0 Å². The van der Waals surface area contributed by atoms with Gasteiger partial charge < -0.3 is 71.8 Å². The first-order chi connectivity index (χ1) is 41.7. The van der Waals surface area contributed by atoms with E-state index in [1.165, 1.54) is 23.1 Å². The molecule has 15 rings (SSSR count). The van der Waals surface area contributed by atoms with Gasteiger partial charge in [-0.15, -0.1) is 0 Å². The van der Waals surface area contributed by atoms with E-state index in [4.69, 9.17) is 15.2 Å². The molecule has 1 spiro atoms. The van der Waals surface area contributed by atoms with Crippen molar-refractivity contribution in [1.82, 2.24) is 10.6 Å². The van der Waals surface area contributed by atoms with Crippen LogP contribution in [0.25, 0.3) is 0 Å². The number of fused-ring (bicyclic) bond motifs is 8. The zero-order valence-corrected chi connectivity index (χ0v) is 52.2. The number of nitrogens with two attached hydrogens (primary N) is 1. The van der Waals surface area contributed by atoms with Gasteiger partial charge in [0.15, 0.2) is 5.78 Å². The zero-order chi connectivity index (χ0) is 60.5. The number of aliphatic hydroxyl groups is 9. The second-order valence-corrected chi connectivity index (χ2v) is 32.1. The van der Waals surface area contributed by atoms with Crippen LogP contribution in [0, 0.1) is 87.8 Å². The molecule has 0 aromatic carbocycles. The Morgan fingerprint density at radius 3 is 2.52 bits per heavy atom. The number of hydrogen-bond donors (Lipinski definition) is 12. The van der Waals surface area contributed by atoms with Crippen molar-refractivity contribution in [1.29, 1.82) is 0 Å². The molecule has 15 aliphatic rings. The van der Waals surface area contributed by atoms with Gasteiger partial charge in [-0.05, 0) is 236 Å². The molecular weight excluding hydrogens is 1100 g/mol. The van der Waals surface area contributed by atoms with Crippen molar-refractivity contribution in [2.24, 2.45) is 93.5 Å². The average Bonchev–Trinajstić information content (AvgIpc) is 1.63. The fourth-order valence-corrected chi connectivity index (χ4v) is 25.1. The van der Waals surface area contributed by atoms with Gasteiger partial charge >= 0.3 is 0 Å². The number of dihydropyridines is 1. The number of nitrogens with one attached hydrogen (secondary N) is 2. The largest absolute Gasteiger partial charge is 0.396 e. The molecule has 0 radical (unpaired) electrons. The summed E-state index contributed by atoms with van der Waals surface area (Å²) in [6.45, 7) is 5.65. The van der Waals surface area contributed by atoms with Crippen LogP contribution in [0.2, 0.25) is 0 Å². The smallest absolute Gasteiger partial charge is 0.182 e. The van der Waals surface area contributed by atoms with Crippen LogP contribution in [-0.4, -0.2) is 142 Å². The van der Waals surface area contributed by atoms with Crippen LogP contribution in [0.5, 0.6) is 0 Å². The Morgan fingerprint density at radius 2 is 1.71 bits per heavy atom. The predicted octanol–water partition coefficient (Wildman–Crippen LogP) is 7.12. The Bertz CT molecular complexity index is 2920. The minimum Gasteiger partial charge on any atom is -0.396 e. The minimum absolute atomic E-state index is 0.000173. The van der Waals surface area contributed by atoms with Gasteiger partial charge in [0.25, 0.3) is 0 Å². The molecule has 10 fully saturated rings. The molecule has 28 atom stereocenters. The first-order valence-corrected chi connectivity index (χ1v) is 35.3. The maximum Gasteiger partial charge on any atom is 0.182 e. The first-order valence-electron chi connectivity index (χ1n) is 35.3. The van der Waals surface area contributed by atoms with E-state index in [9.17, 15) is 35.7 Å². The number of carbonyl (C=O) groups is 1. The van der Waals surface area contributed by atoms with Crippen LogP contribution < -0.4 is 16.4 Å². The number of ketones is 1. The number of allylic oxidation sites excluding steroid dienone is 7. The molecule has 15 nitrogen and oxygen atoms in total. The highest BCUT2D eigenvalue weighted by atomic mass is 16.5. The number of carbonyl (C=O) groups excluding carboxylic acids is 1. The molecule has 15 heteroatoms. The van der Waals surface area contributed by atoms with E-state index in [-0.39, 0.29) is 98.7 Å². The zero-order valence-electron chi connectivity index (χ0n) is 52.2. The fourth-order valence-electron chi connectivity index (χ4n) is 25.1. The lowest BCUT2D eigenvalue weighted by Crippen LogP contribution is -2.76. The number of Topliss-reactive ketones (excluding diaryl/α,β-unsaturated/α-hetero) is 1. The van der Waals surface area contributed by atoms with Crippen molar-refractivity contribution in [3.63, 3.8) is 0 Å². The van der Waals surface area contributed by atoms with Crippen molar-refractivity contribution in [2.75, 3.05) is 13.2 Å². The van der Waals surface area contributed by atoms with Crippen molar-refractivity contribution in [3.8, 4) is 0 Å². The van der Waals surface area contributed by atoms with Crippen LogP contribution in [-0.2, 0) is 14.3 Å². The van der Waals surface area contributed by atoms with Gasteiger partial charge in [-0.2, -0.15) is 0 Å². The van der Waals surface area contributed by atoms with Crippen molar-refractivity contribution >= 4 is 5.78 Å². The van der Waals surface area contributed by atoms with Crippen LogP contribution >= 0.6 is 0 Å². The highest BCUT2D eigenvalue weighted by Gasteiger charge is 2.82. The van der Waals surface area contributed by atoms with Gasteiger partial charge in [0.05, 0.1) is 77.5 Å². The molecule has 480 valence electrons. The van der Waals surface area contributed by atoms with Crippen molar-refractivity contribution < 1.29 is 60.2 Å². The van der Waals surface area contributed by atoms with Gasteiger partial charge in [0.2, 0.25) is 0 Å². The van der Waals surface area contributed by atoms with Crippen molar-refractivity contribution in [2.45, 2.75) is 265 Å². The van der Waals surface area contributed by atoms with E-state index in [1.54, 1.807) is 13.8 Å². The number of hydrogen-bond acceptors (Lipinski definition) is 15. The van der Waals surface area contributed by atoms with Crippen LogP contribution in [0.15, 0.2) is 69.6 Å². The molecule has 87 heavy (non-hydrogen) atoms. The van der Waals surface area contributed by atoms with Crippen molar-refractivity contribution in [3.05, 3.63) is 69.6 Å². The lowest BCUT2D eigenvalue weighted by atomic mass is 9.33. The SMILES string of the molecule is CCCC1CCC2OC3C(C(O)CCCC3(O)C(C)(O)C3CCC4(O)C5=C(NCC(C)O)C(=O)C6C7CCC8C(C9=C(CCCO)NC(N)C=C9)C=CC(O)(CC34C3CCC4CC9OC%10CCCC%10C%10=CCC(=C%109)CC4C3)C5C86CC(O)C7O)C2CC1. The quantitative estimate of drug-likeness (QED) is 0.0868. The van der Waals surface area contributed by atoms with Gasteiger partial charge in [-0.25, -0.2) is 0 Å². The van der Waals surface area contributed by atoms with E-state index >= 15 is 15.0 Å². The van der Waals surface area contributed by atoms with Gasteiger partial charge in [-0.1, -0.05) is 62.5 Å². The molecule has 0 aromatic heterocycles. The summed E-state index contributed by atoms with van der Waals surface area (Å²) < 4.78 is 14.5. The lowest BCUT2D eigenvalue weighted by molar-refractivity contribution is -0.283. The van der Waals surface area contributed by atoms with E-state index in [1.807, 2.05) is 12.2 Å². The molecule has 13 N–H and O–H groups in total. The number of aliphatic hydroxyl groups excluding tert-OH is 5. The van der Waals surface area contributed by atoms with Crippen LogP contribution in [0.4, 0.5) is 0 Å². The summed E-state index contributed by atoms with van der Waals surface area (Å²) in [6.07, 6.45) is 23.2. The predicted molar refractivity (Wildman–Crippen MR) is 327 cm³/mol. The summed E-state index contributed by atoms with van der Waals surface area (Å²) in [4.78, 5) is 16.8. The first kappa shape index (κ1) is 60.5. The highest BCUT2D eigenvalue weighted by molar-refractivity contribution is 6.00. The number of ether oxygens (including phenoxy) is 2. The second-order valence-electron chi connectivity index (χ2n) is 32.1. The Kier molecular flexibility index (Phi) is 15.2. The maximum absolute atomic E-state index is 16.8. The van der Waals surface area contributed by atoms with Gasteiger partial charge in [0, 0.05) is 53.9 Å². The highest BCUT2D eigenvalue weighted by Crippen LogP contribution is 2.80. The maximum atomic E-state index is 16.8. The molecule has 12 aliphatic carbocycles. The third-order valence-corrected chi connectivity index (χ3v) is 28.3. The van der Waals surface area contributed by atoms with Gasteiger partial charge in [-0.3, -0.25) is 4.79 Å². The summed E-state index contributed by atoms with van der Waals surface area (Å²) >= 11 is 0. The molecule has 28 unspecified atom stereocenters. The van der Waals surface area contributed by atoms with Gasteiger partial charge in [0.1, 0.15) is 5.60 Å².